The van der Waals surface area contributed by atoms with E-state index in [2.05, 4.69) is 10.3 Å². The van der Waals surface area contributed by atoms with Gasteiger partial charge >= 0.3 is 0 Å². The molecule has 0 aliphatic heterocycles. The molecule has 7 heteroatoms. The molecule has 1 amide bonds. The van der Waals surface area contributed by atoms with Gasteiger partial charge in [0.2, 0.25) is 5.91 Å². The van der Waals surface area contributed by atoms with E-state index in [1.165, 1.54) is 0 Å². The van der Waals surface area contributed by atoms with Gasteiger partial charge in [0.05, 0.1) is 11.5 Å². The monoisotopic (exact) mass is 401 g/mol. The Balaban J connectivity index is 0.00000156. The standard InChI is InChI=1S/C18H23N3OS.2ClH/c1-13(15(19)14-7-3-2-4-8-14)16(22)21-18(9-5-6-10-18)17-20-11-12-23-17;;/h2-4,7-8,11-13,15H,5-6,9-10,19H2,1H3,(H,21,22);2*1H. The zero-order valence-electron chi connectivity index (χ0n) is 14.2. The van der Waals surface area contributed by atoms with Crippen LogP contribution in [0.1, 0.15) is 49.2 Å². The van der Waals surface area contributed by atoms with Gasteiger partial charge in [0, 0.05) is 17.6 Å². The van der Waals surface area contributed by atoms with E-state index in [1.54, 1.807) is 11.3 Å². The number of amides is 1. The molecule has 1 fully saturated rings. The molecule has 2 aromatic rings. The highest BCUT2D eigenvalue weighted by Gasteiger charge is 2.40. The maximum absolute atomic E-state index is 12.8. The number of halogens is 2. The van der Waals surface area contributed by atoms with Crippen molar-refractivity contribution in [3.05, 3.63) is 52.5 Å². The van der Waals surface area contributed by atoms with Gasteiger partial charge < -0.3 is 11.1 Å². The topological polar surface area (TPSA) is 68.0 Å². The van der Waals surface area contributed by atoms with E-state index in [-0.39, 0.29) is 48.2 Å². The van der Waals surface area contributed by atoms with Crippen molar-refractivity contribution in [3.63, 3.8) is 0 Å². The second-order valence-electron chi connectivity index (χ2n) is 6.34. The smallest absolute Gasteiger partial charge is 0.225 e. The van der Waals surface area contributed by atoms with E-state index in [1.807, 2.05) is 48.8 Å². The Morgan fingerprint density at radius 3 is 2.44 bits per heavy atom. The van der Waals surface area contributed by atoms with Gasteiger partial charge in [0.1, 0.15) is 5.01 Å². The fourth-order valence-electron chi connectivity index (χ4n) is 3.31. The number of nitrogens with one attached hydrogen (secondary N) is 1. The molecule has 1 aliphatic rings. The lowest BCUT2D eigenvalue weighted by atomic mass is 9.92. The predicted octanol–water partition coefficient (Wildman–Crippen LogP) is 4.21. The normalized spacial score (nSPS) is 17.7. The van der Waals surface area contributed by atoms with Crippen LogP contribution < -0.4 is 11.1 Å². The molecular weight excluding hydrogens is 377 g/mol. The highest BCUT2D eigenvalue weighted by molar-refractivity contribution is 7.09. The highest BCUT2D eigenvalue weighted by Crippen LogP contribution is 2.40. The van der Waals surface area contributed by atoms with Crippen molar-refractivity contribution in [2.75, 3.05) is 0 Å². The molecule has 1 heterocycles. The quantitative estimate of drug-likeness (QED) is 0.787. The van der Waals surface area contributed by atoms with Crippen molar-refractivity contribution in [3.8, 4) is 0 Å². The molecule has 3 rings (SSSR count). The largest absolute Gasteiger partial charge is 0.344 e. The Morgan fingerprint density at radius 2 is 1.88 bits per heavy atom. The van der Waals surface area contributed by atoms with Gasteiger partial charge in [-0.3, -0.25) is 4.79 Å². The van der Waals surface area contributed by atoms with Crippen molar-refractivity contribution >= 4 is 42.1 Å². The number of hydrogen-bond donors (Lipinski definition) is 2. The number of nitrogens with two attached hydrogens (primary N) is 1. The summed E-state index contributed by atoms with van der Waals surface area (Å²) in [4.78, 5) is 17.3. The summed E-state index contributed by atoms with van der Waals surface area (Å²) in [6.45, 7) is 1.90. The zero-order chi connectivity index (χ0) is 16.3. The van der Waals surface area contributed by atoms with Crippen LogP contribution >= 0.6 is 36.2 Å². The van der Waals surface area contributed by atoms with E-state index in [4.69, 9.17) is 5.73 Å². The number of aromatic nitrogens is 1. The van der Waals surface area contributed by atoms with Crippen LogP contribution in [0.15, 0.2) is 41.9 Å². The molecule has 0 bridgehead atoms. The lowest BCUT2D eigenvalue weighted by molar-refractivity contribution is -0.127. The molecule has 1 aromatic carbocycles. The number of hydrogen-bond acceptors (Lipinski definition) is 4. The van der Waals surface area contributed by atoms with Crippen LogP contribution in [0.2, 0.25) is 0 Å². The second kappa shape index (κ2) is 9.53. The van der Waals surface area contributed by atoms with E-state index < -0.39 is 0 Å². The molecule has 0 spiro atoms. The Morgan fingerprint density at radius 1 is 1.24 bits per heavy atom. The predicted molar refractivity (Wildman–Crippen MR) is 107 cm³/mol. The van der Waals surface area contributed by atoms with E-state index >= 15 is 0 Å². The lowest BCUT2D eigenvalue weighted by Gasteiger charge is -2.31. The third-order valence-corrected chi connectivity index (χ3v) is 5.78. The third kappa shape index (κ3) is 4.73. The summed E-state index contributed by atoms with van der Waals surface area (Å²) in [7, 11) is 0. The van der Waals surface area contributed by atoms with Crippen LogP contribution in [0, 0.1) is 5.92 Å². The van der Waals surface area contributed by atoms with Gasteiger partial charge in [-0.05, 0) is 18.4 Å². The Hall–Kier alpha value is -1.14. The van der Waals surface area contributed by atoms with Crippen LogP contribution in [0.5, 0.6) is 0 Å². The van der Waals surface area contributed by atoms with Gasteiger partial charge in [-0.1, -0.05) is 50.1 Å². The number of rotatable bonds is 5. The summed E-state index contributed by atoms with van der Waals surface area (Å²) in [5, 5.41) is 6.26. The molecular formula is C18H25Cl2N3OS. The Labute approximate surface area is 165 Å². The van der Waals surface area contributed by atoms with Crippen LogP contribution in [-0.2, 0) is 10.3 Å². The van der Waals surface area contributed by atoms with E-state index in [0.717, 1.165) is 36.3 Å². The molecule has 2 unspecified atom stereocenters. The van der Waals surface area contributed by atoms with Crippen LogP contribution in [0.3, 0.4) is 0 Å². The molecule has 3 N–H and O–H groups in total. The minimum Gasteiger partial charge on any atom is -0.344 e. The summed E-state index contributed by atoms with van der Waals surface area (Å²) in [6, 6.07) is 9.51. The maximum atomic E-state index is 12.8. The first-order valence-electron chi connectivity index (χ1n) is 8.15. The summed E-state index contributed by atoms with van der Waals surface area (Å²) in [5.41, 5.74) is 7.00. The molecule has 1 saturated carbocycles. The Kier molecular flexibility index (Phi) is 8.35. The Bertz CT molecular complexity index is 646. The van der Waals surface area contributed by atoms with Gasteiger partial charge in [0.25, 0.3) is 0 Å². The van der Waals surface area contributed by atoms with Gasteiger partial charge in [-0.2, -0.15) is 0 Å². The zero-order valence-corrected chi connectivity index (χ0v) is 16.6. The van der Waals surface area contributed by atoms with Crippen molar-refractivity contribution in [1.29, 1.82) is 0 Å². The first-order valence-corrected chi connectivity index (χ1v) is 9.03. The van der Waals surface area contributed by atoms with Gasteiger partial charge in [-0.15, -0.1) is 36.2 Å². The summed E-state index contributed by atoms with van der Waals surface area (Å²) < 4.78 is 0. The second-order valence-corrected chi connectivity index (χ2v) is 7.24. The summed E-state index contributed by atoms with van der Waals surface area (Å²) in [5.74, 6) is -0.270. The molecule has 4 nitrogen and oxygen atoms in total. The van der Waals surface area contributed by atoms with E-state index in [9.17, 15) is 4.79 Å². The average Bonchev–Trinajstić information content (AvgIpc) is 3.26. The van der Waals surface area contributed by atoms with E-state index in [0.29, 0.717) is 0 Å². The van der Waals surface area contributed by atoms with Crippen LogP contribution in [-0.4, -0.2) is 10.9 Å². The minimum atomic E-state index is -0.300. The van der Waals surface area contributed by atoms with Crippen molar-refractivity contribution in [2.45, 2.75) is 44.2 Å². The SMILES string of the molecule is CC(C(=O)NC1(c2nccs2)CCCC1)C(N)c1ccccc1.Cl.Cl. The van der Waals surface area contributed by atoms with Gasteiger partial charge in [-0.25, -0.2) is 4.98 Å². The number of nitrogens with zero attached hydrogens (tertiary/aromatic N) is 1. The maximum Gasteiger partial charge on any atom is 0.225 e. The first kappa shape index (κ1) is 21.9. The van der Waals surface area contributed by atoms with Crippen molar-refractivity contribution in [1.82, 2.24) is 10.3 Å². The fraction of sp³-hybridized carbons (Fsp3) is 0.444. The molecule has 1 aromatic heterocycles. The number of benzene rings is 1. The van der Waals surface area contributed by atoms with Crippen molar-refractivity contribution in [2.24, 2.45) is 11.7 Å². The van der Waals surface area contributed by atoms with Crippen molar-refractivity contribution < 1.29 is 4.79 Å². The molecule has 0 saturated heterocycles. The summed E-state index contributed by atoms with van der Waals surface area (Å²) in [6.07, 6.45) is 5.97. The summed E-state index contributed by atoms with van der Waals surface area (Å²) >= 11 is 1.62. The third-order valence-electron chi connectivity index (χ3n) is 4.80. The first-order chi connectivity index (χ1) is 11.1. The van der Waals surface area contributed by atoms with Gasteiger partial charge in [0.15, 0.2) is 0 Å². The molecule has 2 atom stereocenters. The van der Waals surface area contributed by atoms with Crippen LogP contribution in [0.25, 0.3) is 0 Å². The highest BCUT2D eigenvalue weighted by atomic mass is 35.5. The minimum absolute atomic E-state index is 0. The number of carbonyl (C=O) groups is 1. The molecule has 0 radical (unpaired) electrons. The number of thiazole rings is 1. The number of carbonyl (C=O) groups excluding carboxylic acids is 1. The molecule has 138 valence electrons. The molecule has 25 heavy (non-hydrogen) atoms. The van der Waals surface area contributed by atoms with Crippen LogP contribution in [0.4, 0.5) is 0 Å². The fourth-order valence-corrected chi connectivity index (χ4v) is 4.16. The average molecular weight is 402 g/mol. The molecule has 1 aliphatic carbocycles. The lowest BCUT2D eigenvalue weighted by Crippen LogP contribution is -2.47.